The Morgan fingerprint density at radius 3 is 2.80 bits per heavy atom. The second-order valence-corrected chi connectivity index (χ2v) is 4.23. The lowest BCUT2D eigenvalue weighted by molar-refractivity contribution is -0.384. The van der Waals surface area contributed by atoms with Gasteiger partial charge in [0.05, 0.1) is 15.5 Å². The quantitative estimate of drug-likeness (QED) is 0.663. The van der Waals surface area contributed by atoms with Crippen LogP contribution in [0.2, 0.25) is 5.02 Å². The summed E-state index contributed by atoms with van der Waals surface area (Å²) in [6.07, 6.45) is 1.26. The zero-order valence-electron chi connectivity index (χ0n) is 9.91. The van der Waals surface area contributed by atoms with Gasteiger partial charge in [-0.05, 0) is 18.2 Å². The Hall–Kier alpha value is -2.67. The molecule has 0 aliphatic rings. The van der Waals surface area contributed by atoms with Gasteiger partial charge in [-0.1, -0.05) is 17.7 Å². The van der Waals surface area contributed by atoms with Crippen LogP contribution in [0.4, 0.5) is 17.2 Å². The van der Waals surface area contributed by atoms with E-state index in [0.717, 1.165) is 6.07 Å². The third-order valence-corrected chi connectivity index (χ3v) is 2.61. The van der Waals surface area contributed by atoms with Gasteiger partial charge < -0.3 is 10.4 Å². The summed E-state index contributed by atoms with van der Waals surface area (Å²) in [6, 6.07) is 7.03. The molecular formula is C12H8ClN3O4. The smallest absolute Gasteiger partial charge is 0.335 e. The summed E-state index contributed by atoms with van der Waals surface area (Å²) in [5, 5.41) is 22.6. The predicted octanol–water partition coefficient (Wildman–Crippen LogP) is 3.09. The third kappa shape index (κ3) is 3.01. The molecule has 2 aromatic rings. The molecule has 7 nitrogen and oxygen atoms in total. The van der Waals surface area contributed by atoms with Gasteiger partial charge in [0, 0.05) is 18.0 Å². The lowest BCUT2D eigenvalue weighted by Crippen LogP contribution is -2.01. The van der Waals surface area contributed by atoms with Crippen LogP contribution in [-0.2, 0) is 0 Å². The Morgan fingerprint density at radius 2 is 2.15 bits per heavy atom. The van der Waals surface area contributed by atoms with Crippen molar-refractivity contribution in [1.29, 1.82) is 0 Å². The fourth-order valence-corrected chi connectivity index (χ4v) is 1.68. The van der Waals surface area contributed by atoms with Gasteiger partial charge in [-0.2, -0.15) is 0 Å². The average molecular weight is 294 g/mol. The van der Waals surface area contributed by atoms with E-state index in [4.69, 9.17) is 16.7 Å². The topological polar surface area (TPSA) is 105 Å². The molecule has 0 bridgehead atoms. The molecular weight excluding hydrogens is 286 g/mol. The van der Waals surface area contributed by atoms with Crippen LogP contribution < -0.4 is 5.32 Å². The normalized spacial score (nSPS) is 10.1. The third-order valence-electron chi connectivity index (χ3n) is 2.40. The number of nitro groups is 1. The van der Waals surface area contributed by atoms with Crippen LogP contribution in [0.25, 0.3) is 0 Å². The van der Waals surface area contributed by atoms with Crippen molar-refractivity contribution in [2.45, 2.75) is 0 Å². The number of nitrogens with zero attached hydrogens (tertiary/aromatic N) is 2. The molecule has 2 rings (SSSR count). The van der Waals surface area contributed by atoms with Crippen LogP contribution in [0.1, 0.15) is 10.4 Å². The first-order valence-corrected chi connectivity index (χ1v) is 5.75. The zero-order chi connectivity index (χ0) is 14.7. The summed E-state index contributed by atoms with van der Waals surface area (Å²) in [5.41, 5.74) is 0.146. The molecule has 0 spiro atoms. The Balaban J connectivity index is 2.37. The van der Waals surface area contributed by atoms with Gasteiger partial charge in [0.15, 0.2) is 0 Å². The zero-order valence-corrected chi connectivity index (χ0v) is 10.7. The van der Waals surface area contributed by atoms with E-state index < -0.39 is 10.9 Å². The summed E-state index contributed by atoms with van der Waals surface area (Å²) >= 11 is 5.66. The van der Waals surface area contributed by atoms with Crippen molar-refractivity contribution in [3.63, 3.8) is 0 Å². The van der Waals surface area contributed by atoms with E-state index in [2.05, 4.69) is 10.3 Å². The number of aromatic nitrogens is 1. The maximum absolute atomic E-state index is 10.9. The minimum absolute atomic E-state index is 0.0121. The number of rotatable bonds is 4. The Labute approximate surface area is 118 Å². The number of anilines is 2. The van der Waals surface area contributed by atoms with Gasteiger partial charge in [0.1, 0.15) is 0 Å². The molecule has 1 aromatic carbocycles. The number of aromatic carboxylic acids is 1. The molecule has 8 heteroatoms. The van der Waals surface area contributed by atoms with Gasteiger partial charge in [-0.15, -0.1) is 0 Å². The number of benzene rings is 1. The van der Waals surface area contributed by atoms with Gasteiger partial charge in [-0.25, -0.2) is 9.78 Å². The summed E-state index contributed by atoms with van der Waals surface area (Å²) in [4.78, 5) is 25.0. The number of pyridine rings is 1. The lowest BCUT2D eigenvalue weighted by atomic mass is 10.2. The molecule has 0 amide bonds. The van der Waals surface area contributed by atoms with E-state index >= 15 is 0 Å². The van der Waals surface area contributed by atoms with Crippen molar-refractivity contribution in [3.05, 3.63) is 57.2 Å². The molecule has 0 unspecified atom stereocenters. The maximum Gasteiger partial charge on any atom is 0.335 e. The summed E-state index contributed by atoms with van der Waals surface area (Å²) in [5.74, 6) is -1.10. The summed E-state index contributed by atoms with van der Waals surface area (Å²) in [7, 11) is 0. The highest BCUT2D eigenvalue weighted by molar-refractivity contribution is 6.30. The van der Waals surface area contributed by atoms with Crippen molar-refractivity contribution in [2.75, 3.05) is 5.32 Å². The van der Waals surface area contributed by atoms with E-state index in [-0.39, 0.29) is 22.1 Å². The molecule has 0 radical (unpaired) electrons. The van der Waals surface area contributed by atoms with Crippen LogP contribution in [0.15, 0.2) is 36.5 Å². The van der Waals surface area contributed by atoms with E-state index in [1.54, 1.807) is 6.07 Å². The van der Waals surface area contributed by atoms with Crippen LogP contribution >= 0.6 is 11.6 Å². The molecule has 2 N–H and O–H groups in total. The molecule has 20 heavy (non-hydrogen) atoms. The highest BCUT2D eigenvalue weighted by atomic mass is 35.5. The molecule has 0 saturated carbocycles. The summed E-state index contributed by atoms with van der Waals surface area (Å²) in [6.45, 7) is 0. The van der Waals surface area contributed by atoms with Crippen molar-refractivity contribution in [1.82, 2.24) is 4.98 Å². The monoisotopic (exact) mass is 293 g/mol. The first-order valence-electron chi connectivity index (χ1n) is 5.37. The second-order valence-electron chi connectivity index (χ2n) is 3.79. The van der Waals surface area contributed by atoms with Crippen LogP contribution in [0, 0.1) is 10.1 Å². The van der Waals surface area contributed by atoms with E-state index in [1.165, 1.54) is 24.4 Å². The number of hydrogen-bond acceptors (Lipinski definition) is 5. The number of carboxylic acid groups (broad SMARTS) is 1. The largest absolute Gasteiger partial charge is 0.478 e. The van der Waals surface area contributed by atoms with Crippen molar-refractivity contribution in [3.8, 4) is 0 Å². The molecule has 102 valence electrons. The highest BCUT2D eigenvalue weighted by Gasteiger charge is 2.16. The van der Waals surface area contributed by atoms with Gasteiger partial charge in [-0.3, -0.25) is 10.1 Å². The van der Waals surface area contributed by atoms with Crippen LogP contribution in [0.5, 0.6) is 0 Å². The molecule has 0 saturated heterocycles. The predicted molar refractivity (Wildman–Crippen MR) is 72.6 cm³/mol. The van der Waals surface area contributed by atoms with Crippen molar-refractivity contribution in [2.24, 2.45) is 0 Å². The van der Waals surface area contributed by atoms with Crippen molar-refractivity contribution >= 4 is 34.8 Å². The Morgan fingerprint density at radius 1 is 1.40 bits per heavy atom. The second kappa shape index (κ2) is 5.54. The fourth-order valence-electron chi connectivity index (χ4n) is 1.53. The Kier molecular flexibility index (Phi) is 3.81. The number of hydrogen-bond donors (Lipinski definition) is 2. The highest BCUT2D eigenvalue weighted by Crippen LogP contribution is 2.28. The number of nitrogens with one attached hydrogen (secondary N) is 1. The molecule has 0 fully saturated rings. The standard InChI is InChI=1S/C12H8ClN3O4/c13-8-5-10(16(19)20)11(14-6-8)15-9-3-1-2-7(4-9)12(17)18/h1-6H,(H,14,15)(H,17,18). The summed E-state index contributed by atoms with van der Waals surface area (Å²) < 4.78 is 0. The average Bonchev–Trinajstić information content (AvgIpc) is 2.41. The number of halogens is 1. The molecule has 0 atom stereocenters. The van der Waals surface area contributed by atoms with Crippen molar-refractivity contribution < 1.29 is 14.8 Å². The number of carboxylic acids is 1. The number of carbonyl (C=O) groups is 1. The molecule has 1 heterocycles. The fraction of sp³-hybridized carbons (Fsp3) is 0. The first kappa shape index (κ1) is 13.8. The Bertz CT molecular complexity index is 690. The molecule has 0 aliphatic carbocycles. The van der Waals surface area contributed by atoms with Gasteiger partial charge >= 0.3 is 11.7 Å². The van der Waals surface area contributed by atoms with E-state index in [0.29, 0.717) is 5.69 Å². The van der Waals surface area contributed by atoms with E-state index in [1.807, 2.05) is 0 Å². The minimum atomic E-state index is -1.09. The van der Waals surface area contributed by atoms with Crippen LogP contribution in [-0.4, -0.2) is 21.0 Å². The minimum Gasteiger partial charge on any atom is -0.478 e. The lowest BCUT2D eigenvalue weighted by Gasteiger charge is -2.07. The SMILES string of the molecule is O=C(O)c1cccc(Nc2ncc(Cl)cc2[N+](=O)[O-])c1. The maximum atomic E-state index is 10.9. The van der Waals surface area contributed by atoms with E-state index in [9.17, 15) is 14.9 Å². The van der Waals surface area contributed by atoms with Crippen LogP contribution in [0.3, 0.4) is 0 Å². The molecule has 1 aromatic heterocycles. The van der Waals surface area contributed by atoms with Gasteiger partial charge in [0.25, 0.3) is 0 Å². The first-order chi connectivity index (χ1) is 9.47. The van der Waals surface area contributed by atoms with Gasteiger partial charge in [0.2, 0.25) is 5.82 Å². The molecule has 0 aliphatic heterocycles.